The van der Waals surface area contributed by atoms with Gasteiger partial charge in [-0.1, -0.05) is 35.5 Å². The van der Waals surface area contributed by atoms with Crippen molar-refractivity contribution in [3.8, 4) is 11.3 Å². The second-order valence-electron chi connectivity index (χ2n) is 5.55. The van der Waals surface area contributed by atoms with Gasteiger partial charge in [-0.15, -0.1) is 5.10 Å². The molecule has 0 N–H and O–H groups in total. The van der Waals surface area contributed by atoms with Gasteiger partial charge >= 0.3 is 0 Å². The van der Waals surface area contributed by atoms with Crippen molar-refractivity contribution >= 4 is 10.8 Å². The molecular weight excluding hydrogens is 314 g/mol. The molecule has 0 radical (unpaired) electrons. The molecule has 0 amide bonds. The summed E-state index contributed by atoms with van der Waals surface area (Å²) >= 11 is 0. The molecule has 23 heavy (non-hydrogen) atoms. The molecule has 0 spiro atoms. The van der Waals surface area contributed by atoms with Crippen molar-refractivity contribution in [2.75, 3.05) is 0 Å². The highest BCUT2D eigenvalue weighted by Gasteiger charge is 2.28. The quantitative estimate of drug-likeness (QED) is 0.688. The third-order valence-corrected chi connectivity index (χ3v) is 4.87. The first-order valence-corrected chi connectivity index (χ1v) is 8.91. The van der Waals surface area contributed by atoms with Gasteiger partial charge in [0.05, 0.1) is 23.2 Å². The van der Waals surface area contributed by atoms with Crippen LogP contribution in [0.2, 0.25) is 0 Å². The van der Waals surface area contributed by atoms with Gasteiger partial charge < -0.3 is 4.52 Å². The summed E-state index contributed by atoms with van der Waals surface area (Å²) in [6.45, 7) is 0. The van der Waals surface area contributed by atoms with Crippen LogP contribution >= 0.6 is 0 Å². The van der Waals surface area contributed by atoms with Crippen LogP contribution < -0.4 is 0 Å². The predicted octanol–water partition coefficient (Wildman–Crippen LogP) is 2.11. The Morgan fingerprint density at radius 2 is 2.04 bits per heavy atom. The van der Waals surface area contributed by atoms with Crippen LogP contribution in [0, 0.1) is 0 Å². The van der Waals surface area contributed by atoms with Crippen molar-refractivity contribution in [1.29, 1.82) is 0 Å². The van der Waals surface area contributed by atoms with E-state index >= 15 is 0 Å². The summed E-state index contributed by atoms with van der Waals surface area (Å²) in [4.78, 5) is 0. The normalized spacial score (nSPS) is 15.7. The maximum Gasteiger partial charge on any atom is 0.167 e. The molecular formula is C15H15N5O2S. The van der Waals surface area contributed by atoms with Gasteiger partial charge in [0, 0.05) is 22.4 Å². The van der Waals surface area contributed by atoms with E-state index < -0.39 is 10.8 Å². The molecule has 2 heterocycles. The van der Waals surface area contributed by atoms with E-state index in [1.165, 1.54) is 0 Å². The minimum absolute atomic E-state index is 0.327. The van der Waals surface area contributed by atoms with Gasteiger partial charge in [0.2, 0.25) is 0 Å². The Kier molecular flexibility index (Phi) is 3.74. The zero-order chi connectivity index (χ0) is 15.6. The Morgan fingerprint density at radius 1 is 1.22 bits per heavy atom. The van der Waals surface area contributed by atoms with Crippen molar-refractivity contribution < 1.29 is 8.73 Å². The highest BCUT2D eigenvalue weighted by Crippen LogP contribution is 2.34. The third kappa shape index (κ3) is 3.21. The molecule has 1 atom stereocenters. The molecule has 3 aromatic rings. The van der Waals surface area contributed by atoms with Crippen molar-refractivity contribution in [2.45, 2.75) is 30.4 Å². The molecule has 4 rings (SSSR count). The van der Waals surface area contributed by atoms with E-state index in [1.807, 2.05) is 36.4 Å². The zero-order valence-electron chi connectivity index (χ0n) is 12.3. The fourth-order valence-electron chi connectivity index (χ4n) is 2.39. The van der Waals surface area contributed by atoms with E-state index in [0.717, 1.165) is 18.4 Å². The van der Waals surface area contributed by atoms with Gasteiger partial charge in [-0.2, -0.15) is 0 Å². The maximum atomic E-state index is 12.3. The first-order valence-electron chi connectivity index (χ1n) is 7.42. The van der Waals surface area contributed by atoms with Crippen LogP contribution in [0.3, 0.4) is 0 Å². The van der Waals surface area contributed by atoms with E-state index in [9.17, 15) is 4.21 Å². The van der Waals surface area contributed by atoms with Gasteiger partial charge in [-0.3, -0.25) is 4.21 Å². The Labute approximate surface area is 135 Å². The zero-order valence-corrected chi connectivity index (χ0v) is 13.1. The number of tetrazole rings is 1. The Hall–Kier alpha value is -2.35. The summed E-state index contributed by atoms with van der Waals surface area (Å²) in [6.07, 6.45) is 2.18. The lowest BCUT2D eigenvalue weighted by Gasteiger charge is -2.01. The Bertz CT molecular complexity index is 825. The highest BCUT2D eigenvalue weighted by molar-refractivity contribution is 7.83. The molecule has 1 fully saturated rings. The fraction of sp³-hybridized carbons (Fsp3) is 0.333. The molecule has 1 aromatic carbocycles. The van der Waals surface area contributed by atoms with Crippen molar-refractivity contribution in [3.63, 3.8) is 0 Å². The van der Waals surface area contributed by atoms with Gasteiger partial charge in [0.1, 0.15) is 0 Å². The van der Waals surface area contributed by atoms with Crippen LogP contribution in [-0.2, 0) is 22.3 Å². The summed E-state index contributed by atoms with van der Waals surface area (Å²) < 4.78 is 19.5. The van der Waals surface area contributed by atoms with E-state index in [4.69, 9.17) is 4.52 Å². The molecule has 0 aliphatic heterocycles. The molecule has 8 heteroatoms. The number of rotatable bonds is 6. The minimum atomic E-state index is -1.13. The standard InChI is InChI=1S/C15H15N5O2S/c21-23(10-15-16-18-19-20(15)13-6-7-13)9-12-8-14(22-17-12)11-4-2-1-3-5-11/h1-5,8,13H,6-7,9-10H2/t23-/m1/s1. The highest BCUT2D eigenvalue weighted by atomic mass is 32.2. The molecule has 1 aliphatic rings. The van der Waals surface area contributed by atoms with Gasteiger partial charge in [-0.25, -0.2) is 4.68 Å². The van der Waals surface area contributed by atoms with Gasteiger partial charge in [0.15, 0.2) is 11.6 Å². The van der Waals surface area contributed by atoms with E-state index in [0.29, 0.717) is 34.8 Å². The van der Waals surface area contributed by atoms with Gasteiger partial charge in [0.25, 0.3) is 0 Å². The van der Waals surface area contributed by atoms with Crippen LogP contribution in [0.1, 0.15) is 30.4 Å². The second kappa shape index (κ2) is 6.04. The molecule has 118 valence electrons. The van der Waals surface area contributed by atoms with Crippen molar-refractivity contribution in [3.05, 3.63) is 47.9 Å². The lowest BCUT2D eigenvalue weighted by Crippen LogP contribution is -2.08. The first kappa shape index (κ1) is 14.3. The molecule has 0 unspecified atom stereocenters. The topological polar surface area (TPSA) is 86.7 Å². The number of hydrogen-bond donors (Lipinski definition) is 0. The van der Waals surface area contributed by atoms with Crippen LogP contribution in [0.25, 0.3) is 11.3 Å². The average molecular weight is 329 g/mol. The lowest BCUT2D eigenvalue weighted by molar-refractivity contribution is 0.426. The summed E-state index contributed by atoms with van der Waals surface area (Å²) in [5, 5.41) is 15.6. The monoisotopic (exact) mass is 329 g/mol. The van der Waals surface area contributed by atoms with Crippen LogP contribution in [0.4, 0.5) is 0 Å². The van der Waals surface area contributed by atoms with Crippen LogP contribution in [-0.4, -0.2) is 29.6 Å². The smallest absolute Gasteiger partial charge is 0.167 e. The maximum absolute atomic E-state index is 12.3. The summed E-state index contributed by atoms with van der Waals surface area (Å²) in [5.41, 5.74) is 1.63. The summed E-state index contributed by atoms with van der Waals surface area (Å²) in [7, 11) is -1.13. The minimum Gasteiger partial charge on any atom is -0.356 e. The molecule has 0 saturated heterocycles. The predicted molar refractivity (Wildman–Crippen MR) is 83.6 cm³/mol. The van der Waals surface area contributed by atoms with E-state index in [1.54, 1.807) is 4.68 Å². The van der Waals surface area contributed by atoms with Crippen LogP contribution in [0.5, 0.6) is 0 Å². The van der Waals surface area contributed by atoms with E-state index in [-0.39, 0.29) is 0 Å². The average Bonchev–Trinajstić information content (AvgIpc) is 3.13. The number of aromatic nitrogens is 5. The number of hydrogen-bond acceptors (Lipinski definition) is 6. The first-order chi connectivity index (χ1) is 11.3. The van der Waals surface area contributed by atoms with Crippen molar-refractivity contribution in [2.24, 2.45) is 0 Å². The van der Waals surface area contributed by atoms with Gasteiger partial charge in [-0.05, 0) is 23.3 Å². The lowest BCUT2D eigenvalue weighted by atomic mass is 10.2. The summed E-state index contributed by atoms with van der Waals surface area (Å²) in [6, 6.07) is 11.9. The fourth-order valence-corrected chi connectivity index (χ4v) is 3.43. The molecule has 1 saturated carbocycles. The molecule has 1 aliphatic carbocycles. The molecule has 7 nitrogen and oxygen atoms in total. The van der Waals surface area contributed by atoms with Crippen LogP contribution in [0.15, 0.2) is 40.9 Å². The second-order valence-corrected chi connectivity index (χ2v) is 7.00. The third-order valence-electron chi connectivity index (χ3n) is 3.67. The molecule has 2 aromatic heterocycles. The number of benzene rings is 1. The van der Waals surface area contributed by atoms with Crippen molar-refractivity contribution in [1.82, 2.24) is 25.4 Å². The number of nitrogens with zero attached hydrogens (tertiary/aromatic N) is 5. The van der Waals surface area contributed by atoms with E-state index in [2.05, 4.69) is 20.7 Å². The SMILES string of the molecule is O=[S@](Cc1cc(-c2ccccc2)on1)Cc1nnnn1C1CC1. The molecule has 0 bridgehead atoms. The Morgan fingerprint density at radius 3 is 2.83 bits per heavy atom. The Balaban J connectivity index is 1.43. The summed E-state index contributed by atoms with van der Waals surface area (Å²) in [5.74, 6) is 2.02. The largest absolute Gasteiger partial charge is 0.356 e.